The summed E-state index contributed by atoms with van der Waals surface area (Å²) in [7, 11) is -0.431. The number of benzene rings is 8. The van der Waals surface area contributed by atoms with Crippen molar-refractivity contribution in [3.8, 4) is 46.0 Å². The highest BCUT2D eigenvalue weighted by atomic mass is 127. The third-order valence-electron chi connectivity index (χ3n) is 19.2. The van der Waals surface area contributed by atoms with E-state index in [1.165, 1.54) is 5.56 Å². The number of methoxy groups -OCH3 is 1. The first-order chi connectivity index (χ1) is 53.1. The first-order valence-electron chi connectivity index (χ1n) is 37.5. The van der Waals surface area contributed by atoms with E-state index in [4.69, 9.17) is 52.5 Å². The Balaban J connectivity index is 0.000000201. The number of hydrogen-bond acceptors (Lipinski definition) is 17. The Labute approximate surface area is 676 Å². The molecule has 4 aliphatic rings. The number of amides is 4. The number of ketones is 2. The first kappa shape index (κ1) is 88.9. The number of phenolic OH excluding ortho intramolecular Hbond substituents is 1. The minimum absolute atomic E-state index is 0. The highest BCUT2D eigenvalue weighted by molar-refractivity contribution is 14.0. The first-order valence-corrected chi connectivity index (χ1v) is 40.4. The lowest BCUT2D eigenvalue weighted by Crippen LogP contribution is -2.46. The monoisotopic (exact) mass is 1660 g/mol. The number of aliphatic carboxylic acids is 1. The van der Waals surface area contributed by atoms with E-state index in [2.05, 4.69) is 59.8 Å². The van der Waals surface area contributed by atoms with Crippen LogP contribution in [0.3, 0.4) is 0 Å². The summed E-state index contributed by atoms with van der Waals surface area (Å²) in [5.41, 5.74) is 6.75. The SMILES string of the molecule is CC(=O)C(C)Cc1ccc(O)cc1.CC(=O)[C@H](Cc1ccc(OCCN2COc3ccccc3C2=O)cc1)O[Si](C)(C)C(C)(C)C.CC(C)Cc1ccc(OCCN2COc3ccccc3C2=O)cc1.COCCN1COc2ccccc2C1=O.C[C@@H](Cc1ccc(OCCN2COc3ccccc3C2=O)cc1)C(=O)O.I. The fourth-order valence-electron chi connectivity index (χ4n) is 11.5. The molecule has 8 aromatic carbocycles. The summed E-state index contributed by atoms with van der Waals surface area (Å²) in [6.07, 6.45) is 2.40. The maximum atomic E-state index is 12.6. The van der Waals surface area contributed by atoms with Crippen molar-refractivity contribution in [2.24, 2.45) is 17.8 Å². The Bertz CT molecular complexity index is 4360. The second-order valence-corrected chi connectivity index (χ2v) is 34.2. The second-order valence-electron chi connectivity index (χ2n) is 29.4. The van der Waals surface area contributed by atoms with Gasteiger partial charge in [0, 0.05) is 26.0 Å². The van der Waals surface area contributed by atoms with E-state index in [0.717, 1.165) is 35.3 Å². The van der Waals surface area contributed by atoms with E-state index in [1.807, 2.05) is 134 Å². The van der Waals surface area contributed by atoms with Gasteiger partial charge in [0.1, 0.15) is 77.7 Å². The molecule has 4 aliphatic heterocycles. The molecule has 0 saturated heterocycles. The van der Waals surface area contributed by atoms with Crippen LogP contribution in [-0.2, 0) is 49.2 Å². The number of ether oxygens (including phenoxy) is 8. The van der Waals surface area contributed by atoms with Gasteiger partial charge in [0.15, 0.2) is 41.0 Å². The van der Waals surface area contributed by atoms with E-state index in [1.54, 1.807) is 102 Å². The molecular weight excluding hydrogens is 1560 g/mol. The van der Waals surface area contributed by atoms with Crippen molar-refractivity contribution in [3.63, 3.8) is 0 Å². The summed E-state index contributed by atoms with van der Waals surface area (Å²) in [6.45, 7) is 26.7. The van der Waals surface area contributed by atoms with Gasteiger partial charge in [-0.05, 0) is 176 Å². The summed E-state index contributed by atoms with van der Waals surface area (Å²) >= 11 is 0. The molecule has 0 spiro atoms. The van der Waals surface area contributed by atoms with Crippen molar-refractivity contribution >= 4 is 73.5 Å². The lowest BCUT2D eigenvalue weighted by molar-refractivity contribution is -0.141. The predicted molar refractivity (Wildman–Crippen MR) is 442 cm³/mol. The number of halogens is 1. The van der Waals surface area contributed by atoms with Crippen molar-refractivity contribution in [1.82, 2.24) is 19.6 Å². The maximum Gasteiger partial charge on any atom is 0.306 e. The van der Waals surface area contributed by atoms with E-state index >= 15 is 0 Å². The lowest BCUT2D eigenvalue weighted by Gasteiger charge is -2.38. The number of carboxylic acid groups (broad SMARTS) is 1. The molecule has 22 nitrogen and oxygen atoms in total. The molecule has 598 valence electrons. The predicted octanol–water partition coefficient (Wildman–Crippen LogP) is 15.6. The molecule has 3 atom stereocenters. The number of nitrogens with zero attached hydrogens (tertiary/aromatic N) is 4. The van der Waals surface area contributed by atoms with Gasteiger partial charge in [-0.15, -0.1) is 24.0 Å². The molecule has 8 aromatic rings. The van der Waals surface area contributed by atoms with Crippen LogP contribution in [0.2, 0.25) is 18.1 Å². The number of fused-ring (bicyclic) bond motifs is 4. The number of carbonyl (C=O) groups excluding carboxylic acids is 6. The molecule has 2 N–H and O–H groups in total. The molecule has 0 aromatic heterocycles. The summed E-state index contributed by atoms with van der Waals surface area (Å²) in [4.78, 5) is 89.9. The molecule has 0 fully saturated rings. The lowest BCUT2D eigenvalue weighted by atomic mass is 9.98. The van der Waals surface area contributed by atoms with Crippen LogP contribution in [0.4, 0.5) is 0 Å². The average Bonchev–Trinajstić information content (AvgIpc) is 0.829. The molecule has 1 unspecified atom stereocenters. The van der Waals surface area contributed by atoms with Crippen LogP contribution >= 0.6 is 24.0 Å². The van der Waals surface area contributed by atoms with E-state index in [0.29, 0.717) is 135 Å². The Morgan fingerprint density at radius 3 is 1.02 bits per heavy atom. The zero-order valence-electron chi connectivity index (χ0n) is 66.2. The molecule has 4 amide bonds. The fourth-order valence-corrected chi connectivity index (χ4v) is 12.8. The number of hydrogen-bond donors (Lipinski definition) is 2. The molecular formula is C88H107IN4O18Si. The summed E-state index contributed by atoms with van der Waals surface area (Å²) < 4.78 is 50.9. The molecule has 0 radical (unpaired) electrons. The van der Waals surface area contributed by atoms with Crippen molar-refractivity contribution < 1.29 is 86.1 Å². The van der Waals surface area contributed by atoms with Crippen molar-refractivity contribution in [3.05, 3.63) is 239 Å². The van der Waals surface area contributed by atoms with Gasteiger partial charge in [-0.2, -0.15) is 0 Å². The average molecular weight is 1660 g/mol. The van der Waals surface area contributed by atoms with Gasteiger partial charge in [0.2, 0.25) is 0 Å². The second kappa shape index (κ2) is 43.5. The molecule has 112 heavy (non-hydrogen) atoms. The standard InChI is InChI=1S/C26H35NO5Si.C20H21NO5.C20H23NO3.C11H13NO3.C11H14O2.HI/c1-19(28)24(32-33(5,6)26(2,3)4)17-20-11-13-21(14-12-20)30-16-15-27-18-31-23-10-8-7-9-22(23)25(27)29;1-14(20(23)24)12-15-6-8-16(9-7-15)25-11-10-21-13-26-18-5-3-2-4-17(18)19(21)22;1-15(2)13-16-7-9-17(10-8-16)23-12-11-21-14-24-19-6-4-3-5-18(19)20(21)22;1-14-7-6-12-8-15-10-5-3-2-4-9(10)11(12)13;1-8(9(2)12)7-10-3-5-11(13)6-4-10;/h7-14,24H,15-18H2,1-6H3;2-9,14H,10-13H2,1H3,(H,23,24);3-10,15H,11-14H2,1-2H3;2-5H,6-8H2,1H3;3-6,8,13H,7H2,1-2H3;1H/t24-;14-;;;;/m00..../s1. The third-order valence-corrected chi connectivity index (χ3v) is 23.7. The van der Waals surface area contributed by atoms with E-state index in [-0.39, 0.29) is 96.1 Å². The largest absolute Gasteiger partial charge is 0.508 e. The minimum Gasteiger partial charge on any atom is -0.508 e. The zero-order chi connectivity index (χ0) is 80.2. The summed E-state index contributed by atoms with van der Waals surface area (Å²) in [5, 5.41) is 18.0. The van der Waals surface area contributed by atoms with Crippen LogP contribution in [0.1, 0.15) is 126 Å². The maximum absolute atomic E-state index is 12.6. The topological polar surface area (TPSA) is 256 Å². The Hall–Kier alpha value is -10.3. The van der Waals surface area contributed by atoms with Crippen molar-refractivity contribution in [2.45, 2.75) is 112 Å². The number of para-hydroxylation sites is 4. The normalized spacial score (nSPS) is 14.1. The summed E-state index contributed by atoms with van der Waals surface area (Å²) in [6, 6.07) is 59.2. The molecule has 12 rings (SSSR count). The number of rotatable bonds is 28. The fraction of sp³-hybridized carbons (Fsp3) is 0.375. The highest BCUT2D eigenvalue weighted by Crippen LogP contribution is 2.38. The minimum atomic E-state index is -2.05. The van der Waals surface area contributed by atoms with E-state index < -0.39 is 26.3 Å². The Kier molecular flexibility index (Phi) is 34.5. The van der Waals surface area contributed by atoms with Gasteiger partial charge >= 0.3 is 5.97 Å². The number of Topliss-reactive ketones (excluding diaryl/α,β-unsaturated/α-hetero) is 2. The van der Waals surface area contributed by atoms with Crippen molar-refractivity contribution in [2.75, 3.05) is 86.6 Å². The molecule has 24 heteroatoms. The van der Waals surface area contributed by atoms with Gasteiger partial charge in [0.25, 0.3) is 23.6 Å². The van der Waals surface area contributed by atoms with Crippen LogP contribution in [0.15, 0.2) is 194 Å². The Morgan fingerprint density at radius 2 is 0.723 bits per heavy atom. The zero-order valence-corrected chi connectivity index (χ0v) is 69.6. The van der Waals surface area contributed by atoms with Gasteiger partial charge in [-0.25, -0.2) is 0 Å². The van der Waals surface area contributed by atoms with Crippen LogP contribution in [0.25, 0.3) is 0 Å². The van der Waals surface area contributed by atoms with Crippen LogP contribution in [-0.4, -0.2) is 172 Å². The summed E-state index contributed by atoms with van der Waals surface area (Å²) in [5.74, 6) is 4.66. The number of carboxylic acids is 1. The smallest absolute Gasteiger partial charge is 0.306 e. The van der Waals surface area contributed by atoms with Crippen LogP contribution < -0.4 is 33.2 Å². The quantitative estimate of drug-likeness (QED) is 0.0341. The molecule has 4 heterocycles. The van der Waals surface area contributed by atoms with E-state index in [9.17, 15) is 33.6 Å². The van der Waals surface area contributed by atoms with Gasteiger partial charge in [-0.3, -0.25) is 33.6 Å². The number of aromatic hydroxyl groups is 1. The third kappa shape index (κ3) is 27.0. The molecule has 0 aliphatic carbocycles. The van der Waals surface area contributed by atoms with Crippen LogP contribution in [0.5, 0.6) is 46.0 Å². The van der Waals surface area contributed by atoms with Gasteiger partial charge in [-0.1, -0.05) is 146 Å². The van der Waals surface area contributed by atoms with Gasteiger partial charge in [0.05, 0.1) is 54.4 Å². The molecule has 0 bridgehead atoms. The Morgan fingerprint density at radius 1 is 0.429 bits per heavy atom. The van der Waals surface area contributed by atoms with Gasteiger partial charge < -0.3 is 72.1 Å². The van der Waals surface area contributed by atoms with Crippen LogP contribution in [0, 0.1) is 17.8 Å². The molecule has 0 saturated carbocycles. The van der Waals surface area contributed by atoms with Crippen molar-refractivity contribution in [1.29, 1.82) is 0 Å². The highest BCUT2D eigenvalue weighted by Gasteiger charge is 2.40. The number of carbonyl (C=O) groups is 7. The number of phenols is 1.